The third kappa shape index (κ3) is 3.77. The Morgan fingerprint density at radius 2 is 1.59 bits per heavy atom. The number of para-hydroxylation sites is 1. The summed E-state index contributed by atoms with van der Waals surface area (Å²) in [5.74, 6) is 0. The van der Waals surface area contributed by atoms with Crippen LogP contribution in [0.25, 0.3) is 0 Å². The Hall–Kier alpha value is -1.51. The van der Waals surface area contributed by atoms with Crippen molar-refractivity contribution in [2.24, 2.45) is 0 Å². The number of amides is 2. The Kier molecular flexibility index (Phi) is 5.53. The summed E-state index contributed by atoms with van der Waals surface area (Å²) in [5, 5.41) is 0. The van der Waals surface area contributed by atoms with Gasteiger partial charge in [-0.25, -0.2) is 4.79 Å². The first kappa shape index (κ1) is 13.6. The van der Waals surface area contributed by atoms with Crippen molar-refractivity contribution in [3.05, 3.63) is 30.3 Å². The first-order chi connectivity index (χ1) is 8.20. The molecule has 0 N–H and O–H groups in total. The molecule has 2 amide bonds. The number of carbonyl (C=O) groups is 1. The SMILES string of the molecule is CCCN(CCC)C(=O)N(C)c1ccccc1. The molecule has 1 aromatic carbocycles. The summed E-state index contributed by atoms with van der Waals surface area (Å²) in [6, 6.07) is 9.84. The van der Waals surface area contributed by atoms with Gasteiger partial charge in [-0.3, -0.25) is 4.90 Å². The number of hydrogen-bond donors (Lipinski definition) is 0. The minimum atomic E-state index is 0.0832. The zero-order chi connectivity index (χ0) is 12.7. The van der Waals surface area contributed by atoms with E-state index in [1.165, 1.54) is 0 Å². The Morgan fingerprint density at radius 3 is 2.06 bits per heavy atom. The Bertz CT molecular complexity index is 331. The fourth-order valence-corrected chi connectivity index (χ4v) is 1.82. The standard InChI is InChI=1S/C14H22N2O/c1-4-11-16(12-5-2)14(17)15(3)13-9-7-6-8-10-13/h6-10H,4-5,11-12H2,1-3H3. The molecular weight excluding hydrogens is 212 g/mol. The maximum atomic E-state index is 12.3. The van der Waals surface area contributed by atoms with E-state index in [1.54, 1.807) is 4.90 Å². The van der Waals surface area contributed by atoms with Gasteiger partial charge in [-0.1, -0.05) is 32.0 Å². The van der Waals surface area contributed by atoms with Crippen LogP contribution in [0.5, 0.6) is 0 Å². The van der Waals surface area contributed by atoms with Crippen LogP contribution in [0.15, 0.2) is 30.3 Å². The molecule has 0 aromatic heterocycles. The average Bonchev–Trinajstić information content (AvgIpc) is 2.38. The molecule has 0 radical (unpaired) electrons. The van der Waals surface area contributed by atoms with Crippen molar-refractivity contribution in [2.75, 3.05) is 25.0 Å². The number of rotatable bonds is 5. The average molecular weight is 234 g/mol. The van der Waals surface area contributed by atoms with Gasteiger partial charge in [0, 0.05) is 25.8 Å². The molecule has 0 spiro atoms. The van der Waals surface area contributed by atoms with E-state index in [0.717, 1.165) is 31.6 Å². The van der Waals surface area contributed by atoms with Crippen molar-refractivity contribution in [3.8, 4) is 0 Å². The maximum absolute atomic E-state index is 12.3. The van der Waals surface area contributed by atoms with Gasteiger partial charge < -0.3 is 4.90 Å². The third-order valence-corrected chi connectivity index (χ3v) is 2.69. The molecule has 0 aliphatic heterocycles. The van der Waals surface area contributed by atoms with Crippen LogP contribution in [0.1, 0.15) is 26.7 Å². The van der Waals surface area contributed by atoms with E-state index in [2.05, 4.69) is 13.8 Å². The Labute approximate surface area is 104 Å². The molecule has 0 atom stereocenters. The van der Waals surface area contributed by atoms with Crippen molar-refractivity contribution < 1.29 is 4.79 Å². The van der Waals surface area contributed by atoms with E-state index in [-0.39, 0.29) is 6.03 Å². The van der Waals surface area contributed by atoms with Gasteiger partial charge in [0.2, 0.25) is 0 Å². The molecule has 94 valence electrons. The van der Waals surface area contributed by atoms with Crippen molar-refractivity contribution >= 4 is 11.7 Å². The number of carbonyl (C=O) groups excluding carboxylic acids is 1. The largest absolute Gasteiger partial charge is 0.324 e. The molecule has 1 rings (SSSR count). The van der Waals surface area contributed by atoms with Gasteiger partial charge in [-0.15, -0.1) is 0 Å². The number of urea groups is 1. The lowest BCUT2D eigenvalue weighted by Gasteiger charge is -2.27. The zero-order valence-electron chi connectivity index (χ0n) is 11.0. The molecule has 0 aliphatic rings. The van der Waals surface area contributed by atoms with E-state index in [9.17, 15) is 4.79 Å². The molecule has 0 saturated heterocycles. The summed E-state index contributed by atoms with van der Waals surface area (Å²) in [5.41, 5.74) is 0.940. The molecule has 3 nitrogen and oxygen atoms in total. The van der Waals surface area contributed by atoms with Crippen LogP contribution in [0.2, 0.25) is 0 Å². The second kappa shape index (κ2) is 6.94. The molecular formula is C14H22N2O. The molecule has 0 unspecified atom stereocenters. The highest BCUT2D eigenvalue weighted by molar-refractivity contribution is 5.91. The van der Waals surface area contributed by atoms with Crippen LogP contribution in [-0.4, -0.2) is 31.1 Å². The fraction of sp³-hybridized carbons (Fsp3) is 0.500. The number of anilines is 1. The van der Waals surface area contributed by atoms with Crippen LogP contribution in [0, 0.1) is 0 Å². The summed E-state index contributed by atoms with van der Waals surface area (Å²) >= 11 is 0. The van der Waals surface area contributed by atoms with Crippen LogP contribution >= 0.6 is 0 Å². The maximum Gasteiger partial charge on any atom is 0.324 e. The normalized spacial score (nSPS) is 10.1. The molecule has 17 heavy (non-hydrogen) atoms. The summed E-state index contributed by atoms with van der Waals surface area (Å²) in [6.45, 7) is 5.84. The summed E-state index contributed by atoms with van der Waals surface area (Å²) < 4.78 is 0. The summed E-state index contributed by atoms with van der Waals surface area (Å²) in [4.78, 5) is 15.9. The van der Waals surface area contributed by atoms with Crippen LogP contribution in [0.4, 0.5) is 10.5 Å². The second-order valence-corrected chi connectivity index (χ2v) is 4.16. The smallest absolute Gasteiger partial charge is 0.324 e. The third-order valence-electron chi connectivity index (χ3n) is 2.69. The predicted molar refractivity (Wildman–Crippen MR) is 72.4 cm³/mol. The highest BCUT2D eigenvalue weighted by Crippen LogP contribution is 2.13. The first-order valence-corrected chi connectivity index (χ1v) is 6.28. The Morgan fingerprint density at radius 1 is 1.06 bits per heavy atom. The highest BCUT2D eigenvalue weighted by Gasteiger charge is 2.17. The van der Waals surface area contributed by atoms with Crippen molar-refractivity contribution in [3.63, 3.8) is 0 Å². The molecule has 3 heteroatoms. The zero-order valence-corrected chi connectivity index (χ0v) is 11.0. The van der Waals surface area contributed by atoms with E-state index < -0.39 is 0 Å². The van der Waals surface area contributed by atoms with E-state index in [0.29, 0.717) is 0 Å². The highest BCUT2D eigenvalue weighted by atomic mass is 16.2. The molecule has 0 saturated carbocycles. The quantitative estimate of drug-likeness (QED) is 0.766. The lowest BCUT2D eigenvalue weighted by Crippen LogP contribution is -2.42. The predicted octanol–water partition coefficient (Wildman–Crippen LogP) is 3.36. The van der Waals surface area contributed by atoms with Crippen LogP contribution < -0.4 is 4.90 Å². The van der Waals surface area contributed by atoms with Gasteiger partial charge in [0.1, 0.15) is 0 Å². The molecule has 1 aromatic rings. The van der Waals surface area contributed by atoms with Crippen molar-refractivity contribution in [2.45, 2.75) is 26.7 Å². The minimum absolute atomic E-state index is 0.0832. The van der Waals surface area contributed by atoms with E-state index >= 15 is 0 Å². The van der Waals surface area contributed by atoms with Gasteiger partial charge >= 0.3 is 6.03 Å². The van der Waals surface area contributed by atoms with E-state index in [4.69, 9.17) is 0 Å². The second-order valence-electron chi connectivity index (χ2n) is 4.16. The van der Waals surface area contributed by atoms with Gasteiger partial charge in [0.25, 0.3) is 0 Å². The topological polar surface area (TPSA) is 23.6 Å². The fourth-order valence-electron chi connectivity index (χ4n) is 1.82. The number of hydrogen-bond acceptors (Lipinski definition) is 1. The molecule has 0 bridgehead atoms. The first-order valence-electron chi connectivity index (χ1n) is 6.28. The van der Waals surface area contributed by atoms with Crippen molar-refractivity contribution in [1.82, 2.24) is 4.90 Å². The monoisotopic (exact) mass is 234 g/mol. The van der Waals surface area contributed by atoms with Crippen LogP contribution in [-0.2, 0) is 0 Å². The van der Waals surface area contributed by atoms with Crippen LogP contribution in [0.3, 0.4) is 0 Å². The number of nitrogens with zero attached hydrogens (tertiary/aromatic N) is 2. The molecule has 0 aliphatic carbocycles. The van der Waals surface area contributed by atoms with Crippen molar-refractivity contribution in [1.29, 1.82) is 0 Å². The Balaban J connectivity index is 2.73. The van der Waals surface area contributed by atoms with Gasteiger partial charge in [0.05, 0.1) is 0 Å². The minimum Gasteiger partial charge on any atom is -0.324 e. The van der Waals surface area contributed by atoms with Gasteiger partial charge in [-0.2, -0.15) is 0 Å². The summed E-state index contributed by atoms with van der Waals surface area (Å²) in [7, 11) is 1.83. The molecule has 0 heterocycles. The van der Waals surface area contributed by atoms with Gasteiger partial charge in [0.15, 0.2) is 0 Å². The lowest BCUT2D eigenvalue weighted by molar-refractivity contribution is 0.206. The van der Waals surface area contributed by atoms with E-state index in [1.807, 2.05) is 42.3 Å². The molecule has 0 fully saturated rings. The van der Waals surface area contributed by atoms with Gasteiger partial charge in [-0.05, 0) is 25.0 Å². The lowest BCUT2D eigenvalue weighted by atomic mass is 10.3. The summed E-state index contributed by atoms with van der Waals surface area (Å²) in [6.07, 6.45) is 1.99. The number of benzene rings is 1.